The van der Waals surface area contributed by atoms with Gasteiger partial charge in [-0.15, -0.1) is 11.3 Å². The molecular formula is C20H23N5O4S. The Morgan fingerprint density at radius 2 is 2.10 bits per heavy atom. The maximum Gasteiger partial charge on any atom is 0.359 e. The first-order valence-electron chi connectivity index (χ1n) is 9.83. The molecule has 0 saturated heterocycles. The number of ether oxygens (including phenoxy) is 1. The first-order valence-corrected chi connectivity index (χ1v) is 10.7. The van der Waals surface area contributed by atoms with Gasteiger partial charge in [-0.1, -0.05) is 0 Å². The van der Waals surface area contributed by atoms with Crippen molar-refractivity contribution in [3.63, 3.8) is 0 Å². The number of hydrogen-bond acceptors (Lipinski definition) is 8. The minimum atomic E-state index is -0.466. The molecule has 158 valence electrons. The highest BCUT2D eigenvalue weighted by molar-refractivity contribution is 7.09. The molecule has 1 amide bonds. The first-order chi connectivity index (χ1) is 14.5. The Bertz CT molecular complexity index is 1080. The van der Waals surface area contributed by atoms with Crippen molar-refractivity contribution in [2.24, 2.45) is 0 Å². The third kappa shape index (κ3) is 3.74. The van der Waals surface area contributed by atoms with Crippen LogP contribution in [0.15, 0.2) is 16.3 Å². The fourth-order valence-corrected chi connectivity index (χ4v) is 4.41. The smallest absolute Gasteiger partial charge is 0.359 e. The van der Waals surface area contributed by atoms with E-state index < -0.39 is 5.97 Å². The molecule has 4 rings (SSSR count). The number of aryl methyl sites for hydroxylation is 4. The van der Waals surface area contributed by atoms with Gasteiger partial charge in [-0.05, 0) is 20.8 Å². The van der Waals surface area contributed by atoms with Crippen molar-refractivity contribution < 1.29 is 18.7 Å². The molecule has 0 spiro atoms. The molecule has 0 radical (unpaired) electrons. The second-order valence-electron chi connectivity index (χ2n) is 7.07. The lowest BCUT2D eigenvalue weighted by atomic mass is 10.0. The van der Waals surface area contributed by atoms with Crippen LogP contribution < -0.4 is 0 Å². The zero-order valence-electron chi connectivity index (χ0n) is 17.2. The minimum Gasteiger partial charge on any atom is -0.461 e. The van der Waals surface area contributed by atoms with Gasteiger partial charge in [-0.3, -0.25) is 9.48 Å². The van der Waals surface area contributed by atoms with Crippen molar-refractivity contribution >= 4 is 23.2 Å². The third-order valence-electron chi connectivity index (χ3n) is 5.23. The van der Waals surface area contributed by atoms with Crippen molar-refractivity contribution in [1.29, 1.82) is 0 Å². The van der Waals surface area contributed by atoms with Gasteiger partial charge in [0.1, 0.15) is 0 Å². The molecule has 9 nitrogen and oxygen atoms in total. The lowest BCUT2D eigenvalue weighted by Crippen LogP contribution is -2.37. The van der Waals surface area contributed by atoms with Gasteiger partial charge < -0.3 is 14.1 Å². The number of amides is 1. The van der Waals surface area contributed by atoms with E-state index in [-0.39, 0.29) is 30.5 Å². The topological polar surface area (TPSA) is 103 Å². The number of carbonyl (C=O) groups is 2. The van der Waals surface area contributed by atoms with Gasteiger partial charge in [0.25, 0.3) is 5.91 Å². The van der Waals surface area contributed by atoms with E-state index in [1.165, 1.54) is 11.3 Å². The summed E-state index contributed by atoms with van der Waals surface area (Å²) in [6, 6.07) is 0. The number of thiazole rings is 1. The monoisotopic (exact) mass is 429 g/mol. The average molecular weight is 430 g/mol. The van der Waals surface area contributed by atoms with Crippen LogP contribution in [0.2, 0.25) is 0 Å². The van der Waals surface area contributed by atoms with Gasteiger partial charge in [0.15, 0.2) is 12.1 Å². The highest BCUT2D eigenvalue weighted by atomic mass is 32.1. The molecular weight excluding hydrogens is 406 g/mol. The number of rotatable bonds is 6. The molecule has 0 bridgehead atoms. The Morgan fingerprint density at radius 3 is 2.77 bits per heavy atom. The molecule has 0 aliphatic carbocycles. The number of fused-ring (bicyclic) bond motifs is 1. The molecule has 0 N–H and O–H groups in total. The summed E-state index contributed by atoms with van der Waals surface area (Å²) in [5.41, 5.74) is 5.39. The summed E-state index contributed by atoms with van der Waals surface area (Å²) in [4.78, 5) is 36.6. The largest absolute Gasteiger partial charge is 0.461 e. The van der Waals surface area contributed by atoms with E-state index in [9.17, 15) is 9.59 Å². The average Bonchev–Trinajstić information content (AvgIpc) is 3.44. The van der Waals surface area contributed by atoms with Crippen LogP contribution in [0.4, 0.5) is 0 Å². The Kier molecular flexibility index (Phi) is 5.67. The SMILES string of the molecule is CCOC(=O)c1nn(CCc2scnc2C)c2c1CN(C(=O)c1ocnc1C)CC2. The number of hydrogen-bond donors (Lipinski definition) is 0. The van der Waals surface area contributed by atoms with Crippen LogP contribution in [-0.2, 0) is 30.7 Å². The molecule has 0 atom stereocenters. The Hall–Kier alpha value is -3.01. The Morgan fingerprint density at radius 1 is 1.27 bits per heavy atom. The number of nitrogens with zero attached hydrogens (tertiary/aromatic N) is 5. The molecule has 4 heterocycles. The molecule has 10 heteroatoms. The quantitative estimate of drug-likeness (QED) is 0.555. The zero-order valence-corrected chi connectivity index (χ0v) is 18.0. The van der Waals surface area contributed by atoms with Crippen LogP contribution in [0.5, 0.6) is 0 Å². The van der Waals surface area contributed by atoms with Gasteiger partial charge in [0, 0.05) is 42.1 Å². The van der Waals surface area contributed by atoms with Crippen molar-refractivity contribution in [2.45, 2.75) is 46.7 Å². The number of carbonyl (C=O) groups excluding carboxylic acids is 2. The van der Waals surface area contributed by atoms with Crippen molar-refractivity contribution in [3.8, 4) is 0 Å². The van der Waals surface area contributed by atoms with Gasteiger partial charge in [0.05, 0.1) is 30.1 Å². The second kappa shape index (κ2) is 8.39. The van der Waals surface area contributed by atoms with E-state index >= 15 is 0 Å². The molecule has 0 saturated carbocycles. The number of oxazole rings is 1. The summed E-state index contributed by atoms with van der Waals surface area (Å²) in [6.45, 7) is 7.18. The van der Waals surface area contributed by atoms with Crippen LogP contribution in [0.25, 0.3) is 0 Å². The van der Waals surface area contributed by atoms with Crippen molar-refractivity contribution in [1.82, 2.24) is 24.6 Å². The Labute approximate surface area is 177 Å². The Balaban J connectivity index is 1.61. The number of esters is 1. The minimum absolute atomic E-state index is 0.226. The summed E-state index contributed by atoms with van der Waals surface area (Å²) >= 11 is 1.62. The predicted molar refractivity (Wildman–Crippen MR) is 108 cm³/mol. The molecule has 30 heavy (non-hydrogen) atoms. The summed E-state index contributed by atoms with van der Waals surface area (Å²) in [5, 5.41) is 4.57. The maximum absolute atomic E-state index is 12.9. The molecule has 1 aliphatic rings. The molecule has 1 aliphatic heterocycles. The van der Waals surface area contributed by atoms with Crippen LogP contribution >= 0.6 is 11.3 Å². The second-order valence-corrected chi connectivity index (χ2v) is 8.01. The standard InChI is InChI=1S/C20H23N5O4S/c1-4-28-20(27)17-14-9-24(19(26)18-13(3)21-10-29-18)7-5-15(14)25(23-17)8-6-16-12(2)22-11-30-16/h10-11H,4-9H2,1-3H3. The fourth-order valence-electron chi connectivity index (χ4n) is 3.64. The molecule has 3 aromatic rings. The lowest BCUT2D eigenvalue weighted by Gasteiger charge is -2.27. The van der Waals surface area contributed by atoms with E-state index in [0.717, 1.165) is 23.4 Å². The van der Waals surface area contributed by atoms with Gasteiger partial charge in [-0.2, -0.15) is 5.10 Å². The lowest BCUT2D eigenvalue weighted by molar-refractivity contribution is 0.0512. The van der Waals surface area contributed by atoms with Gasteiger partial charge in [0.2, 0.25) is 5.76 Å². The van der Waals surface area contributed by atoms with E-state index in [1.807, 2.05) is 17.1 Å². The van der Waals surface area contributed by atoms with Gasteiger partial charge >= 0.3 is 5.97 Å². The summed E-state index contributed by atoms with van der Waals surface area (Å²) in [7, 11) is 0. The van der Waals surface area contributed by atoms with Crippen molar-refractivity contribution in [3.05, 3.63) is 50.9 Å². The molecule has 0 fully saturated rings. The van der Waals surface area contributed by atoms with E-state index in [4.69, 9.17) is 9.15 Å². The third-order valence-corrected chi connectivity index (χ3v) is 6.22. The maximum atomic E-state index is 12.9. The first kappa shape index (κ1) is 20.3. The van der Waals surface area contributed by atoms with Crippen molar-refractivity contribution in [2.75, 3.05) is 13.2 Å². The zero-order chi connectivity index (χ0) is 21.3. The molecule has 0 unspecified atom stereocenters. The van der Waals surface area contributed by atoms with E-state index in [2.05, 4.69) is 15.1 Å². The van der Waals surface area contributed by atoms with E-state index in [1.54, 1.807) is 30.1 Å². The normalized spacial score (nSPS) is 13.4. The van der Waals surface area contributed by atoms with E-state index in [0.29, 0.717) is 25.2 Å². The molecule has 0 aromatic carbocycles. The highest BCUT2D eigenvalue weighted by Gasteiger charge is 2.32. The summed E-state index contributed by atoms with van der Waals surface area (Å²) in [5.74, 6) is -0.477. The number of aromatic nitrogens is 4. The molecule has 3 aromatic heterocycles. The summed E-state index contributed by atoms with van der Waals surface area (Å²) in [6.07, 6.45) is 2.65. The predicted octanol–water partition coefficient (Wildman–Crippen LogP) is 2.56. The van der Waals surface area contributed by atoms with Crippen LogP contribution in [0, 0.1) is 13.8 Å². The van der Waals surface area contributed by atoms with Crippen LogP contribution in [0.3, 0.4) is 0 Å². The summed E-state index contributed by atoms with van der Waals surface area (Å²) < 4.78 is 12.3. The highest BCUT2D eigenvalue weighted by Crippen LogP contribution is 2.26. The van der Waals surface area contributed by atoms with Crippen LogP contribution in [-0.4, -0.2) is 49.7 Å². The fraction of sp³-hybridized carbons (Fsp3) is 0.450. The van der Waals surface area contributed by atoms with Crippen LogP contribution in [0.1, 0.15) is 55.5 Å². The van der Waals surface area contributed by atoms with Gasteiger partial charge in [-0.25, -0.2) is 14.8 Å².